The van der Waals surface area contributed by atoms with Crippen molar-refractivity contribution in [2.45, 2.75) is 58.5 Å². The highest BCUT2D eigenvalue weighted by atomic mass is 16.5. The highest BCUT2D eigenvalue weighted by Crippen LogP contribution is 2.28. The molecule has 3 aromatic rings. The Morgan fingerprint density at radius 2 is 1.88 bits per heavy atom. The van der Waals surface area contributed by atoms with E-state index in [-0.39, 0.29) is 24.2 Å². The molecule has 0 unspecified atom stereocenters. The lowest BCUT2D eigenvalue weighted by atomic mass is 9.94. The number of rotatable bonds is 5. The summed E-state index contributed by atoms with van der Waals surface area (Å²) in [6.45, 7) is 4.33. The highest BCUT2D eigenvalue weighted by molar-refractivity contribution is 5.91. The van der Waals surface area contributed by atoms with Crippen molar-refractivity contribution in [2.24, 2.45) is 0 Å². The number of nitrogens with one attached hydrogen (secondary N) is 2. The monoisotopic (exact) mass is 433 g/mol. The molecule has 0 aliphatic heterocycles. The number of hydrogen-bond donors (Lipinski definition) is 2. The van der Waals surface area contributed by atoms with E-state index in [1.54, 1.807) is 7.11 Å². The fourth-order valence-corrected chi connectivity index (χ4v) is 4.71. The molecule has 1 aliphatic rings. The van der Waals surface area contributed by atoms with E-state index in [0.717, 1.165) is 47.7 Å². The average Bonchev–Trinajstić information content (AvgIpc) is 2.78. The normalized spacial score (nSPS) is 14.3. The summed E-state index contributed by atoms with van der Waals surface area (Å²) in [5, 5.41) is 4.02. The number of nitrogens with zero attached hydrogens (tertiary/aromatic N) is 1. The second-order valence-corrected chi connectivity index (χ2v) is 8.72. The Balaban J connectivity index is 1.67. The fraction of sp³-hybridized carbons (Fsp3) is 0.385. The molecule has 2 amide bonds. The first-order chi connectivity index (χ1) is 15.5. The molecule has 2 aromatic carbocycles. The SMILES string of the molecule is COc1ccccc1NC(=O)N(Cc1cc2c(C)cc(C)cc2[nH]c1=O)C1CCCCC1. The van der Waals surface area contributed by atoms with Crippen LogP contribution >= 0.6 is 0 Å². The Labute approximate surface area is 188 Å². The Kier molecular flexibility index (Phi) is 6.49. The van der Waals surface area contributed by atoms with E-state index in [9.17, 15) is 9.59 Å². The number of para-hydroxylation sites is 2. The van der Waals surface area contributed by atoms with Crippen molar-refractivity contribution in [1.29, 1.82) is 0 Å². The molecule has 168 valence electrons. The van der Waals surface area contributed by atoms with Crippen LogP contribution in [-0.2, 0) is 6.54 Å². The zero-order valence-corrected chi connectivity index (χ0v) is 19.0. The average molecular weight is 434 g/mol. The van der Waals surface area contributed by atoms with Gasteiger partial charge in [-0.2, -0.15) is 0 Å². The molecule has 1 heterocycles. The standard InChI is InChI=1S/C26H31N3O3/c1-17-13-18(2)21-15-19(25(30)27-23(21)14-17)16-29(20-9-5-4-6-10-20)26(31)28-22-11-7-8-12-24(22)32-3/h7-8,11-15,20H,4-6,9-10,16H2,1-3H3,(H,27,30)(H,28,31). The van der Waals surface area contributed by atoms with Crippen molar-refractivity contribution in [3.63, 3.8) is 0 Å². The first kappa shape index (κ1) is 21.9. The number of carbonyl (C=O) groups is 1. The van der Waals surface area contributed by atoms with Gasteiger partial charge in [0.1, 0.15) is 5.75 Å². The molecule has 0 bridgehead atoms. The lowest BCUT2D eigenvalue weighted by Crippen LogP contribution is -2.44. The minimum Gasteiger partial charge on any atom is -0.495 e. The topological polar surface area (TPSA) is 74.4 Å². The first-order valence-corrected chi connectivity index (χ1v) is 11.3. The summed E-state index contributed by atoms with van der Waals surface area (Å²) < 4.78 is 5.39. The minimum atomic E-state index is -0.207. The molecule has 6 nitrogen and oxygen atoms in total. The highest BCUT2D eigenvalue weighted by Gasteiger charge is 2.27. The number of hydrogen-bond acceptors (Lipinski definition) is 3. The van der Waals surface area contributed by atoms with Gasteiger partial charge in [-0.05, 0) is 62.1 Å². The van der Waals surface area contributed by atoms with Crippen molar-refractivity contribution in [1.82, 2.24) is 9.88 Å². The van der Waals surface area contributed by atoms with Crippen molar-refractivity contribution >= 4 is 22.6 Å². The van der Waals surface area contributed by atoms with Gasteiger partial charge >= 0.3 is 6.03 Å². The second kappa shape index (κ2) is 9.47. The molecule has 1 aromatic heterocycles. The summed E-state index contributed by atoms with van der Waals surface area (Å²) >= 11 is 0. The molecule has 32 heavy (non-hydrogen) atoms. The molecule has 0 radical (unpaired) electrons. The van der Waals surface area contributed by atoms with Gasteiger partial charge in [-0.3, -0.25) is 4.79 Å². The number of carbonyl (C=O) groups excluding carboxylic acids is 1. The van der Waals surface area contributed by atoms with Gasteiger partial charge in [0, 0.05) is 22.5 Å². The maximum Gasteiger partial charge on any atom is 0.322 e. The van der Waals surface area contributed by atoms with Crippen LogP contribution in [0.2, 0.25) is 0 Å². The third kappa shape index (κ3) is 4.64. The van der Waals surface area contributed by atoms with E-state index < -0.39 is 0 Å². The van der Waals surface area contributed by atoms with Crippen LogP contribution in [0.1, 0.15) is 48.8 Å². The minimum absolute atomic E-state index is 0.104. The van der Waals surface area contributed by atoms with Crippen molar-refractivity contribution < 1.29 is 9.53 Å². The molecule has 4 rings (SSSR count). The Hall–Kier alpha value is -3.28. The summed E-state index contributed by atoms with van der Waals surface area (Å²) in [5.41, 5.74) is 4.13. The predicted octanol–water partition coefficient (Wildman–Crippen LogP) is 5.52. The number of benzene rings is 2. The van der Waals surface area contributed by atoms with Crippen LogP contribution in [0.15, 0.2) is 47.3 Å². The number of aromatic amines is 1. The lowest BCUT2D eigenvalue weighted by molar-refractivity contribution is 0.162. The molecular weight excluding hydrogens is 402 g/mol. The number of fused-ring (bicyclic) bond motifs is 1. The largest absolute Gasteiger partial charge is 0.495 e. The smallest absolute Gasteiger partial charge is 0.322 e. The molecule has 1 fully saturated rings. The summed E-state index contributed by atoms with van der Waals surface area (Å²) in [4.78, 5) is 31.2. The molecule has 0 saturated heterocycles. The van der Waals surface area contributed by atoms with Crippen LogP contribution in [0.4, 0.5) is 10.5 Å². The molecule has 1 aliphatic carbocycles. The van der Waals surface area contributed by atoms with E-state index >= 15 is 0 Å². The number of ether oxygens (including phenoxy) is 1. The van der Waals surface area contributed by atoms with Crippen molar-refractivity contribution in [3.8, 4) is 5.75 Å². The maximum absolute atomic E-state index is 13.4. The fourth-order valence-electron chi connectivity index (χ4n) is 4.71. The van der Waals surface area contributed by atoms with Gasteiger partial charge in [0.05, 0.1) is 19.3 Å². The van der Waals surface area contributed by atoms with Gasteiger partial charge in [0.2, 0.25) is 0 Å². The van der Waals surface area contributed by atoms with Crippen LogP contribution in [0.5, 0.6) is 5.75 Å². The molecule has 0 spiro atoms. The van der Waals surface area contributed by atoms with Crippen LogP contribution in [0, 0.1) is 13.8 Å². The van der Waals surface area contributed by atoms with Gasteiger partial charge < -0.3 is 19.9 Å². The van der Waals surface area contributed by atoms with Crippen molar-refractivity contribution in [2.75, 3.05) is 12.4 Å². The van der Waals surface area contributed by atoms with E-state index in [2.05, 4.69) is 16.4 Å². The van der Waals surface area contributed by atoms with Crippen LogP contribution in [-0.4, -0.2) is 29.1 Å². The number of anilines is 1. The van der Waals surface area contributed by atoms with E-state index in [1.807, 2.05) is 55.1 Å². The summed E-state index contributed by atoms with van der Waals surface area (Å²) in [7, 11) is 1.59. The summed E-state index contributed by atoms with van der Waals surface area (Å²) in [6.07, 6.45) is 5.27. The summed E-state index contributed by atoms with van der Waals surface area (Å²) in [6, 6.07) is 13.3. The number of amides is 2. The number of urea groups is 1. The third-order valence-corrected chi connectivity index (χ3v) is 6.36. The zero-order chi connectivity index (χ0) is 22.7. The van der Waals surface area contributed by atoms with Crippen LogP contribution < -0.4 is 15.6 Å². The molecule has 0 atom stereocenters. The zero-order valence-electron chi connectivity index (χ0n) is 19.0. The third-order valence-electron chi connectivity index (χ3n) is 6.36. The maximum atomic E-state index is 13.4. The van der Waals surface area contributed by atoms with Gasteiger partial charge in [0.25, 0.3) is 5.56 Å². The Morgan fingerprint density at radius 3 is 2.62 bits per heavy atom. The van der Waals surface area contributed by atoms with Gasteiger partial charge in [-0.1, -0.05) is 37.5 Å². The van der Waals surface area contributed by atoms with Gasteiger partial charge in [-0.25, -0.2) is 4.79 Å². The molecule has 2 N–H and O–H groups in total. The number of H-pyrrole nitrogens is 1. The Morgan fingerprint density at radius 1 is 1.12 bits per heavy atom. The van der Waals surface area contributed by atoms with Gasteiger partial charge in [-0.15, -0.1) is 0 Å². The molecule has 1 saturated carbocycles. The number of aromatic nitrogens is 1. The second-order valence-electron chi connectivity index (χ2n) is 8.72. The van der Waals surface area contributed by atoms with E-state index in [0.29, 0.717) is 17.0 Å². The number of methoxy groups -OCH3 is 1. The van der Waals surface area contributed by atoms with Crippen LogP contribution in [0.3, 0.4) is 0 Å². The lowest BCUT2D eigenvalue weighted by Gasteiger charge is -2.34. The van der Waals surface area contributed by atoms with E-state index in [4.69, 9.17) is 4.74 Å². The first-order valence-electron chi connectivity index (χ1n) is 11.3. The quantitative estimate of drug-likeness (QED) is 0.556. The molecule has 6 heteroatoms. The van der Waals surface area contributed by atoms with Gasteiger partial charge in [0.15, 0.2) is 0 Å². The predicted molar refractivity (Wildman–Crippen MR) is 128 cm³/mol. The Bertz CT molecular complexity index is 1180. The summed E-state index contributed by atoms with van der Waals surface area (Å²) in [5.74, 6) is 0.610. The number of pyridine rings is 1. The van der Waals surface area contributed by atoms with E-state index in [1.165, 1.54) is 6.42 Å². The number of aryl methyl sites for hydroxylation is 2. The van der Waals surface area contributed by atoms with Crippen molar-refractivity contribution in [3.05, 3.63) is 69.5 Å². The van der Waals surface area contributed by atoms with Crippen LogP contribution in [0.25, 0.3) is 10.9 Å². The molecular formula is C26H31N3O3.